The lowest BCUT2D eigenvalue weighted by molar-refractivity contribution is 0.0737. The maximum absolute atomic E-state index is 13.0. The molecule has 0 unspecified atom stereocenters. The molecule has 1 aliphatic rings. The smallest absolute Gasteiger partial charge is 0.264 e. The van der Waals surface area contributed by atoms with Gasteiger partial charge in [-0.2, -0.15) is 0 Å². The topological polar surface area (TPSA) is 46.1 Å². The molecular weight excluding hydrogens is 306 g/mol. The molecule has 3 heterocycles. The molecule has 1 saturated heterocycles. The van der Waals surface area contributed by atoms with Crippen LogP contribution in [-0.2, 0) is 0 Å². The van der Waals surface area contributed by atoms with E-state index >= 15 is 0 Å². The number of fused-ring (bicyclic) bond motifs is 1. The van der Waals surface area contributed by atoms with Crippen LogP contribution in [0.2, 0.25) is 0 Å². The van der Waals surface area contributed by atoms with Gasteiger partial charge in [-0.15, -0.1) is 11.3 Å². The number of aryl methyl sites for hydroxylation is 1. The third-order valence-corrected chi connectivity index (χ3v) is 5.37. The molecule has 2 aromatic heterocycles. The van der Waals surface area contributed by atoms with Crippen molar-refractivity contribution in [3.05, 3.63) is 59.0 Å². The van der Waals surface area contributed by atoms with Crippen molar-refractivity contribution in [3.63, 3.8) is 0 Å². The average Bonchev–Trinajstić information content (AvgIpc) is 3.21. The van der Waals surface area contributed by atoms with E-state index in [0.717, 1.165) is 45.7 Å². The number of benzene rings is 1. The number of aromatic nitrogens is 2. The molecule has 1 atom stereocenters. The number of amides is 1. The van der Waals surface area contributed by atoms with Crippen LogP contribution in [0.25, 0.3) is 10.1 Å². The maximum atomic E-state index is 13.0. The van der Waals surface area contributed by atoms with Gasteiger partial charge in [-0.25, -0.2) is 0 Å². The molecule has 23 heavy (non-hydrogen) atoms. The van der Waals surface area contributed by atoms with E-state index in [9.17, 15) is 4.79 Å². The highest BCUT2D eigenvalue weighted by Gasteiger charge is 2.32. The van der Waals surface area contributed by atoms with Crippen molar-refractivity contribution < 1.29 is 4.79 Å². The normalized spacial score (nSPS) is 17.8. The van der Waals surface area contributed by atoms with Gasteiger partial charge in [0.25, 0.3) is 5.91 Å². The van der Waals surface area contributed by atoms with E-state index in [0.29, 0.717) is 0 Å². The first-order chi connectivity index (χ1) is 11.2. The van der Waals surface area contributed by atoms with E-state index in [1.165, 1.54) is 0 Å². The molecule has 116 valence electrons. The number of thiophene rings is 1. The molecule has 1 aromatic carbocycles. The number of likely N-dealkylation sites (tertiary alicyclic amines) is 1. The van der Waals surface area contributed by atoms with E-state index in [4.69, 9.17) is 0 Å². The largest absolute Gasteiger partial charge is 0.329 e. The van der Waals surface area contributed by atoms with Crippen LogP contribution >= 0.6 is 11.3 Å². The summed E-state index contributed by atoms with van der Waals surface area (Å²) in [6, 6.07) is 10.2. The van der Waals surface area contributed by atoms with Crippen molar-refractivity contribution in [2.75, 3.05) is 6.54 Å². The molecule has 4 rings (SSSR count). The second-order valence-corrected chi connectivity index (χ2v) is 6.97. The zero-order valence-corrected chi connectivity index (χ0v) is 13.7. The Morgan fingerprint density at radius 1 is 1.30 bits per heavy atom. The fraction of sp³-hybridized carbons (Fsp3) is 0.278. The van der Waals surface area contributed by atoms with Gasteiger partial charge in [0, 0.05) is 17.4 Å². The van der Waals surface area contributed by atoms with Crippen LogP contribution in [0.4, 0.5) is 0 Å². The van der Waals surface area contributed by atoms with Gasteiger partial charge in [0.2, 0.25) is 0 Å². The average molecular weight is 323 g/mol. The SMILES string of the molecule is Cc1cncc([C@@H]2CCCN2C(=O)c2cc3ccccc3s2)n1. The summed E-state index contributed by atoms with van der Waals surface area (Å²) in [5, 5.41) is 1.13. The Balaban J connectivity index is 1.66. The fourth-order valence-electron chi connectivity index (χ4n) is 3.19. The summed E-state index contributed by atoms with van der Waals surface area (Å²) in [4.78, 5) is 24.5. The van der Waals surface area contributed by atoms with Crippen LogP contribution in [-0.4, -0.2) is 27.3 Å². The predicted molar refractivity (Wildman–Crippen MR) is 91.6 cm³/mol. The lowest BCUT2D eigenvalue weighted by Crippen LogP contribution is -2.30. The summed E-state index contributed by atoms with van der Waals surface area (Å²) in [5.74, 6) is 0.108. The van der Waals surface area contributed by atoms with Crippen molar-refractivity contribution in [1.29, 1.82) is 0 Å². The van der Waals surface area contributed by atoms with Crippen LogP contribution in [0.3, 0.4) is 0 Å². The fourth-order valence-corrected chi connectivity index (χ4v) is 4.21. The Morgan fingerprint density at radius 3 is 3.00 bits per heavy atom. The van der Waals surface area contributed by atoms with Crippen LogP contribution in [0.1, 0.15) is 39.9 Å². The van der Waals surface area contributed by atoms with Gasteiger partial charge in [0.05, 0.1) is 28.5 Å². The monoisotopic (exact) mass is 323 g/mol. The van der Waals surface area contributed by atoms with Crippen molar-refractivity contribution in [2.45, 2.75) is 25.8 Å². The molecule has 0 aliphatic carbocycles. The first-order valence-electron chi connectivity index (χ1n) is 7.80. The molecule has 3 aromatic rings. The Kier molecular flexibility index (Phi) is 3.58. The van der Waals surface area contributed by atoms with Crippen molar-refractivity contribution in [1.82, 2.24) is 14.9 Å². The third kappa shape index (κ3) is 2.61. The third-order valence-electron chi connectivity index (χ3n) is 4.27. The number of rotatable bonds is 2. The molecule has 0 radical (unpaired) electrons. The van der Waals surface area contributed by atoms with Crippen molar-refractivity contribution >= 4 is 27.3 Å². The number of hydrogen-bond donors (Lipinski definition) is 0. The molecule has 0 saturated carbocycles. The van der Waals surface area contributed by atoms with Crippen LogP contribution in [0, 0.1) is 6.92 Å². The minimum atomic E-state index is 0.0418. The van der Waals surface area contributed by atoms with Gasteiger partial charge < -0.3 is 4.90 Å². The zero-order valence-electron chi connectivity index (χ0n) is 12.9. The van der Waals surface area contributed by atoms with Gasteiger partial charge in [0.1, 0.15) is 0 Å². The summed E-state index contributed by atoms with van der Waals surface area (Å²) in [6.45, 7) is 2.72. The highest BCUT2D eigenvalue weighted by atomic mass is 32.1. The summed E-state index contributed by atoms with van der Waals surface area (Å²) < 4.78 is 1.15. The second kappa shape index (κ2) is 5.74. The molecule has 1 fully saturated rings. The summed E-state index contributed by atoms with van der Waals surface area (Å²) in [6.07, 6.45) is 5.50. The highest BCUT2D eigenvalue weighted by molar-refractivity contribution is 7.20. The van der Waals surface area contributed by atoms with Gasteiger partial charge in [-0.05, 0) is 37.3 Å². The Morgan fingerprint density at radius 2 is 2.17 bits per heavy atom. The summed E-state index contributed by atoms with van der Waals surface area (Å²) in [7, 11) is 0. The molecule has 0 bridgehead atoms. The first-order valence-corrected chi connectivity index (χ1v) is 8.62. The number of hydrogen-bond acceptors (Lipinski definition) is 4. The van der Waals surface area contributed by atoms with E-state index in [1.54, 1.807) is 23.7 Å². The molecule has 4 nitrogen and oxygen atoms in total. The van der Waals surface area contributed by atoms with Gasteiger partial charge in [0.15, 0.2) is 0 Å². The number of nitrogens with zero attached hydrogens (tertiary/aromatic N) is 3. The van der Waals surface area contributed by atoms with E-state index in [2.05, 4.69) is 22.1 Å². The van der Waals surface area contributed by atoms with E-state index in [-0.39, 0.29) is 11.9 Å². The minimum absolute atomic E-state index is 0.0418. The molecule has 0 spiro atoms. The lowest BCUT2D eigenvalue weighted by atomic mass is 10.1. The number of carbonyl (C=O) groups excluding carboxylic acids is 1. The molecule has 5 heteroatoms. The lowest BCUT2D eigenvalue weighted by Gasteiger charge is -2.23. The molecule has 1 amide bonds. The maximum Gasteiger partial charge on any atom is 0.264 e. The Hall–Kier alpha value is -2.27. The predicted octanol–water partition coefficient (Wildman–Crippen LogP) is 3.98. The zero-order chi connectivity index (χ0) is 15.8. The minimum Gasteiger partial charge on any atom is -0.329 e. The van der Waals surface area contributed by atoms with Crippen LogP contribution in [0.15, 0.2) is 42.7 Å². The van der Waals surface area contributed by atoms with Crippen LogP contribution < -0.4 is 0 Å². The molecular formula is C18H17N3OS. The van der Waals surface area contributed by atoms with E-state index < -0.39 is 0 Å². The first kappa shape index (κ1) is 14.3. The Bertz CT molecular complexity index is 840. The van der Waals surface area contributed by atoms with Gasteiger partial charge >= 0.3 is 0 Å². The standard InChI is InChI=1S/C18H17N3OS/c1-12-10-19-11-14(20-12)15-6-4-8-21(15)18(22)17-9-13-5-2-3-7-16(13)23-17/h2-3,5,7,9-11,15H,4,6,8H2,1H3/t15-/m0/s1. The summed E-state index contributed by atoms with van der Waals surface area (Å²) >= 11 is 1.57. The Labute approximate surface area is 138 Å². The number of carbonyl (C=O) groups is 1. The highest BCUT2D eigenvalue weighted by Crippen LogP contribution is 2.34. The second-order valence-electron chi connectivity index (χ2n) is 5.89. The van der Waals surface area contributed by atoms with Crippen molar-refractivity contribution in [3.8, 4) is 0 Å². The van der Waals surface area contributed by atoms with E-state index in [1.807, 2.05) is 30.0 Å². The van der Waals surface area contributed by atoms with Gasteiger partial charge in [-0.3, -0.25) is 14.8 Å². The molecule has 0 N–H and O–H groups in total. The summed E-state index contributed by atoms with van der Waals surface area (Å²) in [5.41, 5.74) is 1.79. The quantitative estimate of drug-likeness (QED) is 0.716. The van der Waals surface area contributed by atoms with Crippen molar-refractivity contribution in [2.24, 2.45) is 0 Å². The molecule has 1 aliphatic heterocycles. The van der Waals surface area contributed by atoms with Gasteiger partial charge in [-0.1, -0.05) is 18.2 Å². The van der Waals surface area contributed by atoms with Crippen LogP contribution in [0.5, 0.6) is 0 Å².